The number of hydrogen-bond acceptors (Lipinski definition) is 7. The summed E-state index contributed by atoms with van der Waals surface area (Å²) in [5.74, 6) is 1.78. The van der Waals surface area contributed by atoms with Crippen molar-refractivity contribution in [1.29, 1.82) is 0 Å². The number of hydrogen-bond donors (Lipinski definition) is 0. The minimum atomic E-state index is -0.320. The summed E-state index contributed by atoms with van der Waals surface area (Å²) in [7, 11) is 0. The Bertz CT molecular complexity index is 2080. The van der Waals surface area contributed by atoms with Crippen LogP contribution in [-0.2, 0) is 29.0 Å². The number of aryl methyl sites for hydroxylation is 2. The number of esters is 1. The van der Waals surface area contributed by atoms with Crippen LogP contribution in [0.4, 0.5) is 0 Å². The molecule has 7 nitrogen and oxygen atoms in total. The van der Waals surface area contributed by atoms with Gasteiger partial charge in [0.15, 0.2) is 0 Å². The molecule has 0 aliphatic rings. The normalized spacial score (nSPS) is 11.1. The van der Waals surface area contributed by atoms with Crippen molar-refractivity contribution in [1.82, 2.24) is 0 Å². The van der Waals surface area contributed by atoms with Gasteiger partial charge in [0.1, 0.15) is 35.0 Å². The van der Waals surface area contributed by atoms with Gasteiger partial charge in [-0.15, -0.1) is 0 Å². The zero-order valence-electron chi connectivity index (χ0n) is 27.9. The lowest BCUT2D eigenvalue weighted by atomic mass is 10.00. The van der Waals surface area contributed by atoms with E-state index in [9.17, 15) is 9.59 Å². The molecule has 0 fully saturated rings. The SMILES string of the molecule is CCOC(=O)CCc1c(OCCCOc2cc(OCc3ccccc3)c(-c3ccccc3)cc2CC)ccc2c(=O)c3ccccc3oc12. The Kier molecular flexibility index (Phi) is 10.9. The maximum Gasteiger partial charge on any atom is 0.306 e. The topological polar surface area (TPSA) is 84.2 Å². The highest BCUT2D eigenvalue weighted by Gasteiger charge is 2.18. The molecule has 0 unspecified atom stereocenters. The maximum atomic E-state index is 13.3. The molecule has 0 N–H and O–H groups in total. The van der Waals surface area contributed by atoms with Gasteiger partial charge in [0.2, 0.25) is 5.43 Å². The Balaban J connectivity index is 1.19. The molecule has 0 atom stereocenters. The molecule has 6 rings (SSSR count). The average Bonchev–Trinajstić information content (AvgIpc) is 3.14. The van der Waals surface area contributed by atoms with Crippen molar-refractivity contribution >= 4 is 27.9 Å². The molecule has 0 aliphatic heterocycles. The van der Waals surface area contributed by atoms with Crippen molar-refractivity contribution in [2.24, 2.45) is 0 Å². The molecule has 0 aliphatic carbocycles. The average molecular weight is 657 g/mol. The lowest BCUT2D eigenvalue weighted by molar-refractivity contribution is -0.143. The van der Waals surface area contributed by atoms with Crippen LogP contribution in [0.3, 0.4) is 0 Å². The Hall–Kier alpha value is -5.56. The molecule has 7 heteroatoms. The van der Waals surface area contributed by atoms with Crippen molar-refractivity contribution in [3.8, 4) is 28.4 Å². The van der Waals surface area contributed by atoms with E-state index in [-0.39, 0.29) is 17.8 Å². The summed E-state index contributed by atoms with van der Waals surface area (Å²) in [6.07, 6.45) is 1.84. The molecule has 1 heterocycles. The summed E-state index contributed by atoms with van der Waals surface area (Å²) < 4.78 is 30.4. The smallest absolute Gasteiger partial charge is 0.306 e. The van der Waals surface area contributed by atoms with Gasteiger partial charge in [-0.05, 0) is 66.8 Å². The summed E-state index contributed by atoms with van der Waals surface area (Å²) in [5.41, 5.74) is 5.74. The summed E-state index contributed by atoms with van der Waals surface area (Å²) in [4.78, 5) is 25.6. The lowest BCUT2D eigenvalue weighted by Crippen LogP contribution is -2.10. The second kappa shape index (κ2) is 16.0. The van der Waals surface area contributed by atoms with Crippen molar-refractivity contribution in [2.45, 2.75) is 46.1 Å². The van der Waals surface area contributed by atoms with Crippen LogP contribution < -0.4 is 19.6 Å². The highest BCUT2D eigenvalue weighted by Crippen LogP contribution is 2.37. The summed E-state index contributed by atoms with van der Waals surface area (Å²) in [6.45, 7) is 5.41. The Morgan fingerprint density at radius 3 is 2.18 bits per heavy atom. The third kappa shape index (κ3) is 7.95. The molecular weight excluding hydrogens is 616 g/mol. The molecule has 250 valence electrons. The van der Waals surface area contributed by atoms with E-state index in [4.69, 9.17) is 23.4 Å². The fraction of sp³-hybridized carbons (Fsp3) is 0.238. The third-order valence-electron chi connectivity index (χ3n) is 8.36. The van der Waals surface area contributed by atoms with E-state index >= 15 is 0 Å². The maximum absolute atomic E-state index is 13.3. The van der Waals surface area contributed by atoms with E-state index in [1.54, 1.807) is 31.2 Å². The van der Waals surface area contributed by atoms with Crippen LogP contribution in [0.15, 0.2) is 118 Å². The molecular formula is C42H40O7. The van der Waals surface area contributed by atoms with Crippen LogP contribution >= 0.6 is 0 Å². The Labute approximate surface area is 286 Å². The molecule has 0 saturated heterocycles. The lowest BCUT2D eigenvalue weighted by Gasteiger charge is -2.18. The zero-order valence-corrected chi connectivity index (χ0v) is 27.9. The monoisotopic (exact) mass is 656 g/mol. The van der Waals surface area contributed by atoms with Gasteiger partial charge in [0, 0.05) is 30.0 Å². The number of fused-ring (bicyclic) bond motifs is 2. The first-order chi connectivity index (χ1) is 24.1. The van der Waals surface area contributed by atoms with E-state index in [1.807, 2.05) is 66.7 Å². The van der Waals surface area contributed by atoms with Gasteiger partial charge in [-0.1, -0.05) is 79.7 Å². The van der Waals surface area contributed by atoms with Crippen LogP contribution in [0.1, 0.15) is 43.4 Å². The molecule has 0 radical (unpaired) electrons. The number of para-hydroxylation sites is 1. The zero-order chi connectivity index (χ0) is 34.0. The largest absolute Gasteiger partial charge is 0.493 e. The van der Waals surface area contributed by atoms with E-state index in [2.05, 4.69) is 25.1 Å². The quantitative estimate of drug-likeness (QED) is 0.0619. The molecule has 0 saturated carbocycles. The molecule has 1 aromatic heterocycles. The molecule has 0 amide bonds. The molecule has 49 heavy (non-hydrogen) atoms. The number of ether oxygens (including phenoxy) is 4. The van der Waals surface area contributed by atoms with Crippen molar-refractivity contribution in [2.75, 3.05) is 19.8 Å². The van der Waals surface area contributed by atoms with Crippen LogP contribution in [0.2, 0.25) is 0 Å². The third-order valence-corrected chi connectivity index (χ3v) is 8.36. The van der Waals surface area contributed by atoms with Gasteiger partial charge >= 0.3 is 5.97 Å². The van der Waals surface area contributed by atoms with Gasteiger partial charge < -0.3 is 23.4 Å². The van der Waals surface area contributed by atoms with Gasteiger partial charge in [-0.25, -0.2) is 0 Å². The van der Waals surface area contributed by atoms with E-state index < -0.39 is 0 Å². The van der Waals surface area contributed by atoms with Gasteiger partial charge in [-0.3, -0.25) is 9.59 Å². The second-order valence-electron chi connectivity index (χ2n) is 11.7. The molecule has 6 aromatic rings. The summed E-state index contributed by atoms with van der Waals surface area (Å²) in [6, 6.07) is 35.2. The number of carbonyl (C=O) groups excluding carboxylic acids is 1. The van der Waals surface area contributed by atoms with Crippen molar-refractivity contribution in [3.63, 3.8) is 0 Å². The number of benzene rings is 5. The van der Waals surface area contributed by atoms with E-state index in [1.165, 1.54) is 0 Å². The van der Waals surface area contributed by atoms with Crippen LogP contribution in [-0.4, -0.2) is 25.8 Å². The van der Waals surface area contributed by atoms with Crippen LogP contribution in [0.5, 0.6) is 17.2 Å². The predicted molar refractivity (Wildman–Crippen MR) is 193 cm³/mol. The van der Waals surface area contributed by atoms with Gasteiger partial charge in [0.25, 0.3) is 0 Å². The summed E-state index contributed by atoms with van der Waals surface area (Å²) >= 11 is 0. The number of rotatable bonds is 15. The first-order valence-corrected chi connectivity index (χ1v) is 16.8. The minimum absolute atomic E-state index is 0.119. The predicted octanol–water partition coefficient (Wildman–Crippen LogP) is 9.10. The minimum Gasteiger partial charge on any atom is -0.493 e. The molecule has 0 bridgehead atoms. The second-order valence-corrected chi connectivity index (χ2v) is 11.7. The molecule has 5 aromatic carbocycles. The Morgan fingerprint density at radius 2 is 1.43 bits per heavy atom. The fourth-order valence-electron chi connectivity index (χ4n) is 5.87. The van der Waals surface area contributed by atoms with Crippen molar-refractivity contribution < 1.29 is 28.2 Å². The van der Waals surface area contributed by atoms with Crippen LogP contribution in [0, 0.1) is 0 Å². The molecule has 0 spiro atoms. The first-order valence-electron chi connectivity index (χ1n) is 16.8. The van der Waals surface area contributed by atoms with Gasteiger partial charge in [0.05, 0.1) is 30.6 Å². The highest BCUT2D eigenvalue weighted by molar-refractivity contribution is 5.92. The van der Waals surface area contributed by atoms with Gasteiger partial charge in [-0.2, -0.15) is 0 Å². The fourth-order valence-corrected chi connectivity index (χ4v) is 5.87. The van der Waals surface area contributed by atoms with E-state index in [0.717, 1.165) is 40.2 Å². The standard InChI is InChI=1S/C42H40O7/c1-3-30-26-35(31-16-9-6-10-17-31)39(48-28-29-14-7-5-8-15-29)27-38(30)47-25-13-24-46-36-22-20-34-41(44)32-18-11-12-19-37(32)49-42(34)33(36)21-23-40(43)45-4-2/h5-12,14-20,22,26-27H,3-4,13,21,23-25,28H2,1-2H3. The number of carbonyl (C=O) groups is 1. The van der Waals surface area contributed by atoms with Crippen molar-refractivity contribution in [3.05, 3.63) is 136 Å². The Morgan fingerprint density at radius 1 is 0.714 bits per heavy atom. The first kappa shape index (κ1) is 33.3. The highest BCUT2D eigenvalue weighted by atomic mass is 16.5. The van der Waals surface area contributed by atoms with E-state index in [0.29, 0.717) is 72.5 Å². The summed E-state index contributed by atoms with van der Waals surface area (Å²) in [5, 5.41) is 0.957. The van der Waals surface area contributed by atoms with Crippen LogP contribution in [0.25, 0.3) is 33.1 Å².